The van der Waals surface area contributed by atoms with Gasteiger partial charge in [-0.1, -0.05) is 11.6 Å². The predicted octanol–water partition coefficient (Wildman–Crippen LogP) is 4.85. The van der Waals surface area contributed by atoms with Crippen molar-refractivity contribution in [3.05, 3.63) is 51.7 Å². The number of aryl methyl sites for hydroxylation is 1. The summed E-state index contributed by atoms with van der Waals surface area (Å²) in [5.41, 5.74) is 2.22. The van der Waals surface area contributed by atoms with Gasteiger partial charge in [-0.05, 0) is 66.0 Å². The van der Waals surface area contributed by atoms with Gasteiger partial charge >= 0.3 is 0 Å². The molecule has 0 aliphatic carbocycles. The Labute approximate surface area is 144 Å². The van der Waals surface area contributed by atoms with Crippen molar-refractivity contribution >= 4 is 33.2 Å². The lowest BCUT2D eigenvalue weighted by atomic mass is 10.2. The SMILES string of the molecule is Cc1nccc(N2CCCC2COc2ccc(Cl)cc2)c1Br. The van der Waals surface area contributed by atoms with Crippen LogP contribution in [-0.4, -0.2) is 24.2 Å². The molecule has 0 spiro atoms. The topological polar surface area (TPSA) is 25.4 Å². The second-order valence-electron chi connectivity index (χ2n) is 5.48. The number of rotatable bonds is 4. The van der Waals surface area contributed by atoms with E-state index in [9.17, 15) is 0 Å². The van der Waals surface area contributed by atoms with Crippen LogP contribution in [0.2, 0.25) is 5.02 Å². The highest BCUT2D eigenvalue weighted by Gasteiger charge is 2.27. The van der Waals surface area contributed by atoms with E-state index in [2.05, 4.69) is 31.9 Å². The van der Waals surface area contributed by atoms with Crippen LogP contribution >= 0.6 is 27.5 Å². The van der Waals surface area contributed by atoms with Crippen LogP contribution in [0.15, 0.2) is 41.0 Å². The van der Waals surface area contributed by atoms with E-state index in [1.807, 2.05) is 37.4 Å². The molecule has 1 aliphatic heterocycles. The number of aromatic nitrogens is 1. The Morgan fingerprint density at radius 1 is 1.32 bits per heavy atom. The van der Waals surface area contributed by atoms with E-state index in [1.165, 1.54) is 12.1 Å². The van der Waals surface area contributed by atoms with Gasteiger partial charge in [0.15, 0.2) is 0 Å². The highest BCUT2D eigenvalue weighted by Crippen LogP contribution is 2.33. The summed E-state index contributed by atoms with van der Waals surface area (Å²) in [5.74, 6) is 0.862. The van der Waals surface area contributed by atoms with Gasteiger partial charge in [0.25, 0.3) is 0 Å². The first-order chi connectivity index (χ1) is 10.6. The Morgan fingerprint density at radius 2 is 2.09 bits per heavy atom. The number of pyridine rings is 1. The molecule has 3 rings (SSSR count). The van der Waals surface area contributed by atoms with Gasteiger partial charge in [0.05, 0.1) is 21.9 Å². The summed E-state index contributed by atoms with van der Waals surface area (Å²) in [6, 6.07) is 9.98. The van der Waals surface area contributed by atoms with Crippen LogP contribution in [0, 0.1) is 6.92 Å². The van der Waals surface area contributed by atoms with Gasteiger partial charge in [-0.15, -0.1) is 0 Å². The minimum atomic E-state index is 0.383. The average Bonchev–Trinajstić information content (AvgIpc) is 2.98. The molecule has 1 atom stereocenters. The lowest BCUT2D eigenvalue weighted by Crippen LogP contribution is -2.34. The average molecular weight is 382 g/mol. The van der Waals surface area contributed by atoms with E-state index in [1.54, 1.807) is 0 Å². The third kappa shape index (κ3) is 3.39. The number of benzene rings is 1. The number of halogens is 2. The zero-order valence-electron chi connectivity index (χ0n) is 12.4. The summed E-state index contributed by atoms with van der Waals surface area (Å²) in [5, 5.41) is 0.728. The van der Waals surface area contributed by atoms with Gasteiger partial charge in [0.2, 0.25) is 0 Å². The van der Waals surface area contributed by atoms with Crippen molar-refractivity contribution in [2.24, 2.45) is 0 Å². The van der Waals surface area contributed by atoms with E-state index in [-0.39, 0.29) is 0 Å². The van der Waals surface area contributed by atoms with Gasteiger partial charge in [-0.3, -0.25) is 4.98 Å². The Morgan fingerprint density at radius 3 is 2.86 bits per heavy atom. The summed E-state index contributed by atoms with van der Waals surface area (Å²) in [7, 11) is 0. The monoisotopic (exact) mass is 380 g/mol. The molecule has 0 amide bonds. The van der Waals surface area contributed by atoms with Crippen molar-refractivity contribution in [2.45, 2.75) is 25.8 Å². The highest BCUT2D eigenvalue weighted by atomic mass is 79.9. The summed E-state index contributed by atoms with van der Waals surface area (Å²) in [6.45, 7) is 3.75. The maximum Gasteiger partial charge on any atom is 0.119 e. The molecule has 2 aromatic rings. The van der Waals surface area contributed by atoms with Crippen molar-refractivity contribution in [1.82, 2.24) is 4.98 Å². The molecule has 0 saturated carbocycles. The van der Waals surface area contributed by atoms with Crippen molar-refractivity contribution in [3.8, 4) is 5.75 Å². The second kappa shape index (κ2) is 6.88. The normalized spacial score (nSPS) is 17.8. The zero-order valence-corrected chi connectivity index (χ0v) is 14.8. The van der Waals surface area contributed by atoms with Crippen LogP contribution in [0.5, 0.6) is 5.75 Å². The fraction of sp³-hybridized carbons (Fsp3) is 0.353. The van der Waals surface area contributed by atoms with Crippen molar-refractivity contribution in [2.75, 3.05) is 18.1 Å². The summed E-state index contributed by atoms with van der Waals surface area (Å²) < 4.78 is 7.01. The van der Waals surface area contributed by atoms with Gasteiger partial charge in [-0.2, -0.15) is 0 Å². The molecule has 1 fully saturated rings. The first-order valence-corrected chi connectivity index (χ1v) is 8.58. The maximum absolute atomic E-state index is 5.94. The summed E-state index contributed by atoms with van der Waals surface area (Å²) in [6.07, 6.45) is 4.19. The van der Waals surface area contributed by atoms with E-state index in [0.29, 0.717) is 12.6 Å². The second-order valence-corrected chi connectivity index (χ2v) is 6.71. The van der Waals surface area contributed by atoms with Crippen LogP contribution in [0.4, 0.5) is 5.69 Å². The number of anilines is 1. The molecule has 1 saturated heterocycles. The standard InChI is InChI=1S/C17H18BrClN2O/c1-12-17(18)16(8-9-20-12)21-10-2-3-14(21)11-22-15-6-4-13(19)5-7-15/h4-9,14H,2-3,10-11H2,1H3. The predicted molar refractivity (Wildman–Crippen MR) is 94.0 cm³/mol. The van der Waals surface area contributed by atoms with Gasteiger partial charge in [0.1, 0.15) is 12.4 Å². The van der Waals surface area contributed by atoms with Gasteiger partial charge in [-0.25, -0.2) is 0 Å². The van der Waals surface area contributed by atoms with Crippen molar-refractivity contribution in [1.29, 1.82) is 0 Å². The van der Waals surface area contributed by atoms with E-state index in [0.717, 1.165) is 33.9 Å². The van der Waals surface area contributed by atoms with Gasteiger partial charge in [0, 0.05) is 17.8 Å². The molecule has 5 heteroatoms. The number of nitrogens with zero attached hydrogens (tertiary/aromatic N) is 2. The van der Waals surface area contributed by atoms with Gasteiger partial charge < -0.3 is 9.64 Å². The van der Waals surface area contributed by atoms with Crippen molar-refractivity contribution < 1.29 is 4.74 Å². The Kier molecular flexibility index (Phi) is 4.89. The lowest BCUT2D eigenvalue weighted by molar-refractivity contribution is 0.288. The molecule has 1 aromatic carbocycles. The minimum absolute atomic E-state index is 0.383. The largest absolute Gasteiger partial charge is 0.491 e. The maximum atomic E-state index is 5.94. The number of hydrogen-bond donors (Lipinski definition) is 0. The van der Waals surface area contributed by atoms with E-state index >= 15 is 0 Å². The zero-order chi connectivity index (χ0) is 15.5. The summed E-state index contributed by atoms with van der Waals surface area (Å²) in [4.78, 5) is 6.73. The quantitative estimate of drug-likeness (QED) is 0.756. The minimum Gasteiger partial charge on any atom is -0.491 e. The van der Waals surface area contributed by atoms with Crippen LogP contribution in [0.1, 0.15) is 18.5 Å². The molecule has 22 heavy (non-hydrogen) atoms. The molecule has 3 nitrogen and oxygen atoms in total. The molecule has 1 aliphatic rings. The van der Waals surface area contributed by atoms with Crippen molar-refractivity contribution in [3.63, 3.8) is 0 Å². The molecule has 1 unspecified atom stereocenters. The fourth-order valence-electron chi connectivity index (χ4n) is 2.81. The number of ether oxygens (including phenoxy) is 1. The Balaban J connectivity index is 1.70. The van der Waals surface area contributed by atoms with E-state index in [4.69, 9.17) is 16.3 Å². The third-order valence-corrected chi connectivity index (χ3v) is 5.22. The molecule has 0 N–H and O–H groups in total. The number of hydrogen-bond acceptors (Lipinski definition) is 3. The molecule has 2 heterocycles. The summed E-state index contributed by atoms with van der Waals surface area (Å²) >= 11 is 9.56. The Bertz CT molecular complexity index is 648. The highest BCUT2D eigenvalue weighted by molar-refractivity contribution is 9.10. The Hall–Kier alpha value is -1.26. The molecular formula is C17H18BrClN2O. The smallest absolute Gasteiger partial charge is 0.119 e. The van der Waals surface area contributed by atoms with Crippen LogP contribution in [0.25, 0.3) is 0 Å². The molecule has 1 aromatic heterocycles. The third-order valence-electron chi connectivity index (χ3n) is 3.99. The van der Waals surface area contributed by atoms with E-state index < -0.39 is 0 Å². The fourth-order valence-corrected chi connectivity index (χ4v) is 3.39. The first kappa shape index (κ1) is 15.6. The molecule has 116 valence electrons. The first-order valence-electron chi connectivity index (χ1n) is 7.41. The molecular weight excluding hydrogens is 364 g/mol. The van der Waals surface area contributed by atoms with Crippen LogP contribution in [0.3, 0.4) is 0 Å². The van der Waals surface area contributed by atoms with Crippen LogP contribution < -0.4 is 9.64 Å². The van der Waals surface area contributed by atoms with Crippen LogP contribution in [-0.2, 0) is 0 Å². The molecule has 0 bridgehead atoms. The molecule has 0 radical (unpaired) electrons. The lowest BCUT2D eigenvalue weighted by Gasteiger charge is -2.28.